The lowest BCUT2D eigenvalue weighted by molar-refractivity contribution is -0.121. The third kappa shape index (κ3) is 4.59. The maximum absolute atomic E-state index is 13.3. The van der Waals surface area contributed by atoms with E-state index in [4.69, 9.17) is 16.0 Å². The van der Waals surface area contributed by atoms with Crippen LogP contribution in [0.1, 0.15) is 16.1 Å². The van der Waals surface area contributed by atoms with Gasteiger partial charge >= 0.3 is 0 Å². The number of halogens is 1. The first-order valence-corrected chi connectivity index (χ1v) is 10.1. The summed E-state index contributed by atoms with van der Waals surface area (Å²) in [7, 11) is 1.60. The highest BCUT2D eigenvalue weighted by Gasteiger charge is 2.20. The van der Waals surface area contributed by atoms with Gasteiger partial charge in [0.15, 0.2) is 0 Å². The Morgan fingerprint density at radius 2 is 1.84 bits per heavy atom. The molecule has 0 spiro atoms. The van der Waals surface area contributed by atoms with Crippen LogP contribution in [0.15, 0.2) is 77.4 Å². The van der Waals surface area contributed by atoms with Crippen molar-refractivity contribution in [2.75, 3.05) is 13.6 Å². The quantitative estimate of drug-likeness (QED) is 0.484. The molecule has 156 valence electrons. The number of benzene rings is 2. The smallest absolute Gasteiger partial charge is 0.254 e. The van der Waals surface area contributed by atoms with Crippen molar-refractivity contribution in [3.63, 3.8) is 0 Å². The van der Waals surface area contributed by atoms with Crippen LogP contribution in [0, 0.1) is 0 Å². The minimum absolute atomic E-state index is 0.0857. The molecule has 0 unspecified atom stereocenters. The van der Waals surface area contributed by atoms with Gasteiger partial charge in [-0.05, 0) is 30.3 Å². The molecule has 7 heteroatoms. The molecule has 4 aromatic rings. The third-order valence-corrected chi connectivity index (χ3v) is 5.19. The summed E-state index contributed by atoms with van der Waals surface area (Å²) in [6.45, 7) is 0.181. The van der Waals surface area contributed by atoms with Crippen LogP contribution in [0.5, 0.6) is 0 Å². The monoisotopic (exact) mass is 433 g/mol. The van der Waals surface area contributed by atoms with E-state index >= 15 is 0 Å². The third-order valence-electron chi connectivity index (χ3n) is 4.86. The van der Waals surface area contributed by atoms with Crippen molar-refractivity contribution in [1.82, 2.24) is 15.2 Å². The van der Waals surface area contributed by atoms with Crippen molar-refractivity contribution in [3.8, 4) is 11.3 Å². The molecular weight excluding hydrogens is 414 g/mol. The number of likely N-dealkylation sites (N-methyl/N-ethyl adjacent to an activating group) is 1. The number of rotatable bonds is 6. The summed E-state index contributed by atoms with van der Waals surface area (Å²) in [6, 6.07) is 20.0. The van der Waals surface area contributed by atoms with E-state index in [9.17, 15) is 9.59 Å². The van der Waals surface area contributed by atoms with E-state index < -0.39 is 0 Å². The topological polar surface area (TPSA) is 75.4 Å². The first kappa shape index (κ1) is 20.6. The van der Waals surface area contributed by atoms with Gasteiger partial charge in [0, 0.05) is 23.0 Å². The predicted octanol–water partition coefficient (Wildman–Crippen LogP) is 4.54. The number of pyridine rings is 1. The number of nitrogens with one attached hydrogen (secondary N) is 1. The Bertz CT molecular complexity index is 1240. The van der Waals surface area contributed by atoms with Crippen molar-refractivity contribution in [2.45, 2.75) is 6.54 Å². The molecule has 0 aliphatic carbocycles. The Kier molecular flexibility index (Phi) is 6.00. The predicted molar refractivity (Wildman–Crippen MR) is 120 cm³/mol. The molecule has 0 atom stereocenters. The van der Waals surface area contributed by atoms with Crippen LogP contribution in [-0.4, -0.2) is 35.3 Å². The number of aromatic nitrogens is 1. The fourth-order valence-electron chi connectivity index (χ4n) is 3.31. The van der Waals surface area contributed by atoms with Gasteiger partial charge in [-0.3, -0.25) is 9.59 Å². The summed E-state index contributed by atoms with van der Waals surface area (Å²) in [5.74, 6) is 0.0869. The largest absolute Gasteiger partial charge is 0.467 e. The highest BCUT2D eigenvalue weighted by Crippen LogP contribution is 2.30. The second-order valence-corrected chi connectivity index (χ2v) is 7.48. The molecule has 0 saturated carbocycles. The standard InChI is InChI=1S/C24H20ClN3O3/c1-28(15-23(29)26-14-16-7-6-12-31-16)24(30)19-13-22(18-9-2-4-10-20(18)25)27-21-11-5-3-8-17(19)21/h2-13H,14-15H2,1H3,(H,26,29). The van der Waals surface area contributed by atoms with Crippen LogP contribution in [0.25, 0.3) is 22.2 Å². The van der Waals surface area contributed by atoms with Gasteiger partial charge in [-0.2, -0.15) is 0 Å². The molecule has 0 radical (unpaired) electrons. The molecular formula is C24H20ClN3O3. The average molecular weight is 434 g/mol. The Morgan fingerprint density at radius 3 is 2.61 bits per heavy atom. The lowest BCUT2D eigenvalue weighted by Gasteiger charge is -2.18. The number of hydrogen-bond acceptors (Lipinski definition) is 4. The molecule has 0 aliphatic heterocycles. The second kappa shape index (κ2) is 9.02. The van der Waals surface area contributed by atoms with Gasteiger partial charge < -0.3 is 14.6 Å². The molecule has 0 aliphatic rings. The van der Waals surface area contributed by atoms with Gasteiger partial charge in [0.25, 0.3) is 5.91 Å². The summed E-state index contributed by atoms with van der Waals surface area (Å²) in [5.41, 5.74) is 2.48. The molecule has 0 bridgehead atoms. The van der Waals surface area contributed by atoms with Gasteiger partial charge in [-0.1, -0.05) is 48.0 Å². The maximum Gasteiger partial charge on any atom is 0.254 e. The lowest BCUT2D eigenvalue weighted by atomic mass is 10.0. The van der Waals surface area contributed by atoms with Crippen LogP contribution in [0.4, 0.5) is 0 Å². The van der Waals surface area contributed by atoms with Gasteiger partial charge in [0.05, 0.1) is 36.1 Å². The molecule has 31 heavy (non-hydrogen) atoms. The van der Waals surface area contributed by atoms with E-state index in [0.717, 1.165) is 5.56 Å². The molecule has 2 aromatic heterocycles. The number of amides is 2. The molecule has 2 amide bonds. The summed E-state index contributed by atoms with van der Waals surface area (Å²) in [6.07, 6.45) is 1.54. The Balaban J connectivity index is 1.60. The van der Waals surface area contributed by atoms with Crippen molar-refractivity contribution in [1.29, 1.82) is 0 Å². The molecule has 2 aromatic carbocycles. The number of carbonyl (C=O) groups is 2. The first-order chi connectivity index (χ1) is 15.0. The summed E-state index contributed by atoms with van der Waals surface area (Å²) >= 11 is 6.35. The van der Waals surface area contributed by atoms with Crippen molar-refractivity contribution in [2.24, 2.45) is 0 Å². The first-order valence-electron chi connectivity index (χ1n) is 9.72. The minimum atomic E-state index is -0.281. The zero-order chi connectivity index (χ0) is 21.8. The van der Waals surface area contributed by atoms with E-state index in [1.807, 2.05) is 42.5 Å². The number of hydrogen-bond donors (Lipinski definition) is 1. The Hall–Kier alpha value is -3.64. The average Bonchev–Trinajstić information content (AvgIpc) is 3.30. The zero-order valence-corrected chi connectivity index (χ0v) is 17.6. The van der Waals surface area contributed by atoms with Crippen LogP contribution in [0.2, 0.25) is 5.02 Å². The van der Waals surface area contributed by atoms with Crippen LogP contribution < -0.4 is 5.32 Å². The highest BCUT2D eigenvalue weighted by molar-refractivity contribution is 6.33. The Labute approximate surface area is 184 Å². The lowest BCUT2D eigenvalue weighted by Crippen LogP contribution is -2.38. The van der Waals surface area contributed by atoms with E-state index in [2.05, 4.69) is 10.3 Å². The minimum Gasteiger partial charge on any atom is -0.467 e. The van der Waals surface area contributed by atoms with Crippen molar-refractivity contribution < 1.29 is 14.0 Å². The van der Waals surface area contributed by atoms with Crippen molar-refractivity contribution >= 4 is 34.3 Å². The summed E-state index contributed by atoms with van der Waals surface area (Å²) in [5, 5.41) is 4.01. The molecule has 2 heterocycles. The van der Waals surface area contributed by atoms with Crippen LogP contribution in [-0.2, 0) is 11.3 Å². The normalized spacial score (nSPS) is 10.8. The highest BCUT2D eigenvalue weighted by atomic mass is 35.5. The van der Waals surface area contributed by atoms with Gasteiger partial charge in [-0.15, -0.1) is 0 Å². The number of nitrogens with zero attached hydrogens (tertiary/aromatic N) is 2. The Morgan fingerprint density at radius 1 is 1.06 bits per heavy atom. The van der Waals surface area contributed by atoms with Gasteiger partial charge in [0.2, 0.25) is 5.91 Å². The fourth-order valence-corrected chi connectivity index (χ4v) is 3.54. The van der Waals surface area contributed by atoms with E-state index in [1.165, 1.54) is 4.90 Å². The van der Waals surface area contributed by atoms with Gasteiger partial charge in [0.1, 0.15) is 5.76 Å². The van der Waals surface area contributed by atoms with Gasteiger partial charge in [-0.25, -0.2) is 4.98 Å². The number of para-hydroxylation sites is 1. The van der Waals surface area contributed by atoms with E-state index in [0.29, 0.717) is 32.9 Å². The second-order valence-electron chi connectivity index (χ2n) is 7.07. The molecule has 6 nitrogen and oxygen atoms in total. The molecule has 1 N–H and O–H groups in total. The van der Waals surface area contributed by atoms with Crippen LogP contribution >= 0.6 is 11.6 Å². The van der Waals surface area contributed by atoms with E-state index in [-0.39, 0.29) is 24.9 Å². The molecule has 4 rings (SSSR count). The number of fused-ring (bicyclic) bond motifs is 1. The molecule has 0 fully saturated rings. The SMILES string of the molecule is CN(CC(=O)NCc1ccco1)C(=O)c1cc(-c2ccccc2Cl)nc2ccccc12. The number of furan rings is 1. The van der Waals surface area contributed by atoms with Crippen molar-refractivity contribution in [3.05, 3.63) is 89.3 Å². The fraction of sp³-hybridized carbons (Fsp3) is 0.125. The maximum atomic E-state index is 13.3. The summed E-state index contributed by atoms with van der Waals surface area (Å²) < 4.78 is 5.21. The van der Waals surface area contributed by atoms with Crippen LogP contribution in [0.3, 0.4) is 0 Å². The summed E-state index contributed by atoms with van der Waals surface area (Å²) in [4.78, 5) is 31.6. The zero-order valence-electron chi connectivity index (χ0n) is 16.8. The molecule has 0 saturated heterocycles. The number of carbonyl (C=O) groups excluding carboxylic acids is 2. The van der Waals surface area contributed by atoms with E-state index in [1.54, 1.807) is 37.6 Å².